The summed E-state index contributed by atoms with van der Waals surface area (Å²) >= 11 is 0. The predicted molar refractivity (Wildman–Crippen MR) is 75.3 cm³/mol. The van der Waals surface area contributed by atoms with Crippen LogP contribution in [-0.4, -0.2) is 42.5 Å². The molecule has 8 heteroatoms. The second-order valence-corrected chi connectivity index (χ2v) is 5.32. The molecule has 0 radical (unpaired) electrons. The number of carbonyl (C=O) groups is 1. The van der Waals surface area contributed by atoms with Crippen LogP contribution in [-0.2, 0) is 33.1 Å². The summed E-state index contributed by atoms with van der Waals surface area (Å²) in [6, 6.07) is -0.130. The van der Waals surface area contributed by atoms with Crippen molar-refractivity contribution >= 4 is 6.03 Å². The highest BCUT2D eigenvalue weighted by molar-refractivity contribution is 5.73. The Balaban J connectivity index is 1.53. The maximum Gasteiger partial charge on any atom is 0.317 e. The second kappa shape index (κ2) is 5.55. The fraction of sp³-hybridized carbons (Fsp3) is 0.538. The van der Waals surface area contributed by atoms with Crippen LogP contribution in [0.3, 0.4) is 0 Å². The normalized spacial score (nSPS) is 13.2. The summed E-state index contributed by atoms with van der Waals surface area (Å²) in [7, 11) is 3.62. The van der Waals surface area contributed by atoms with Gasteiger partial charge in [-0.3, -0.25) is 4.68 Å². The van der Waals surface area contributed by atoms with Crippen molar-refractivity contribution in [1.82, 2.24) is 34.8 Å². The van der Waals surface area contributed by atoms with Crippen molar-refractivity contribution in [2.24, 2.45) is 7.05 Å². The highest BCUT2D eigenvalue weighted by Gasteiger charge is 2.18. The summed E-state index contributed by atoms with van der Waals surface area (Å²) in [4.78, 5) is 13.7. The molecule has 8 nitrogen and oxygen atoms in total. The van der Waals surface area contributed by atoms with Gasteiger partial charge >= 0.3 is 6.03 Å². The molecule has 0 saturated carbocycles. The molecular formula is C13H19N7O. The van der Waals surface area contributed by atoms with Gasteiger partial charge in [0.1, 0.15) is 5.82 Å². The van der Waals surface area contributed by atoms with Crippen LogP contribution in [0.2, 0.25) is 0 Å². The predicted octanol–water partition coefficient (Wildman–Crippen LogP) is 0.299. The first kappa shape index (κ1) is 13.6. The third-order valence-electron chi connectivity index (χ3n) is 3.61. The Morgan fingerprint density at radius 1 is 1.48 bits per heavy atom. The number of urea groups is 1. The van der Waals surface area contributed by atoms with Crippen LogP contribution in [0.25, 0.3) is 0 Å². The molecule has 0 aromatic carbocycles. The number of hydrogen-bond donors (Lipinski definition) is 1. The summed E-state index contributed by atoms with van der Waals surface area (Å²) in [6.45, 7) is 1.87. The summed E-state index contributed by atoms with van der Waals surface area (Å²) in [5.41, 5.74) is 0.999. The quantitative estimate of drug-likeness (QED) is 0.877. The van der Waals surface area contributed by atoms with E-state index < -0.39 is 0 Å². The van der Waals surface area contributed by atoms with Gasteiger partial charge in [0.15, 0.2) is 5.82 Å². The maximum atomic E-state index is 12.1. The molecule has 0 unspecified atom stereocenters. The number of nitrogens with zero attached hydrogens (tertiary/aromatic N) is 6. The zero-order valence-corrected chi connectivity index (χ0v) is 12.3. The van der Waals surface area contributed by atoms with Gasteiger partial charge in [0, 0.05) is 38.8 Å². The van der Waals surface area contributed by atoms with E-state index in [4.69, 9.17) is 0 Å². The average Bonchev–Trinajstić information content (AvgIpc) is 3.13. The molecule has 3 rings (SSSR count). The largest absolute Gasteiger partial charge is 0.331 e. The lowest BCUT2D eigenvalue weighted by Gasteiger charge is -2.16. The van der Waals surface area contributed by atoms with Gasteiger partial charge in [-0.2, -0.15) is 5.10 Å². The van der Waals surface area contributed by atoms with Gasteiger partial charge in [0.05, 0.1) is 19.3 Å². The highest BCUT2D eigenvalue weighted by Crippen LogP contribution is 2.13. The second-order valence-electron chi connectivity index (χ2n) is 5.32. The number of amides is 2. The summed E-state index contributed by atoms with van der Waals surface area (Å²) in [6.07, 6.45) is 5.74. The molecule has 2 aromatic rings. The Hall–Kier alpha value is -2.38. The molecule has 1 N–H and O–H groups in total. The van der Waals surface area contributed by atoms with Crippen molar-refractivity contribution in [2.45, 2.75) is 32.5 Å². The Morgan fingerprint density at radius 3 is 3.10 bits per heavy atom. The third-order valence-corrected chi connectivity index (χ3v) is 3.61. The van der Waals surface area contributed by atoms with E-state index in [1.165, 1.54) is 0 Å². The minimum absolute atomic E-state index is 0.130. The Kier molecular flexibility index (Phi) is 3.59. The highest BCUT2D eigenvalue weighted by atomic mass is 16.2. The van der Waals surface area contributed by atoms with Crippen LogP contribution in [0.1, 0.15) is 23.6 Å². The standard InChI is InChI=1S/C13H19N7O/c1-18(8-10-6-15-19(2)9-10)13(21)14-7-12-17-16-11-4-3-5-20(11)12/h6,9H,3-5,7-8H2,1-2H3,(H,14,21). The van der Waals surface area contributed by atoms with E-state index in [2.05, 4.69) is 25.2 Å². The van der Waals surface area contributed by atoms with Gasteiger partial charge in [0.25, 0.3) is 0 Å². The summed E-state index contributed by atoms with van der Waals surface area (Å²) < 4.78 is 3.81. The van der Waals surface area contributed by atoms with Crippen LogP contribution in [0, 0.1) is 0 Å². The fourth-order valence-electron chi connectivity index (χ4n) is 2.53. The van der Waals surface area contributed by atoms with Gasteiger partial charge in [0.2, 0.25) is 0 Å². The zero-order chi connectivity index (χ0) is 14.8. The van der Waals surface area contributed by atoms with Gasteiger partial charge in [-0.25, -0.2) is 4.79 Å². The number of rotatable bonds is 4. The zero-order valence-electron chi connectivity index (χ0n) is 12.3. The average molecular weight is 289 g/mol. The Morgan fingerprint density at radius 2 is 2.33 bits per heavy atom. The van der Waals surface area contributed by atoms with Crippen molar-refractivity contribution in [3.05, 3.63) is 29.6 Å². The molecule has 1 aliphatic rings. The topological polar surface area (TPSA) is 80.9 Å². The van der Waals surface area contributed by atoms with E-state index in [-0.39, 0.29) is 6.03 Å². The van der Waals surface area contributed by atoms with Crippen LogP contribution >= 0.6 is 0 Å². The lowest BCUT2D eigenvalue weighted by molar-refractivity contribution is 0.206. The van der Waals surface area contributed by atoms with Crippen LogP contribution in [0.5, 0.6) is 0 Å². The molecule has 0 fully saturated rings. The first-order valence-electron chi connectivity index (χ1n) is 7.01. The van der Waals surface area contributed by atoms with Crippen LogP contribution < -0.4 is 5.32 Å². The van der Waals surface area contributed by atoms with E-state index >= 15 is 0 Å². The number of hydrogen-bond acceptors (Lipinski definition) is 4. The number of fused-ring (bicyclic) bond motifs is 1. The van der Waals surface area contributed by atoms with Gasteiger partial charge < -0.3 is 14.8 Å². The SMILES string of the molecule is CN(Cc1cnn(C)c1)C(=O)NCc1nnc2n1CCC2. The molecule has 112 valence electrons. The Bertz CT molecular complexity index is 645. The number of nitrogens with one attached hydrogen (secondary N) is 1. The van der Waals surface area contributed by atoms with Crippen LogP contribution in [0.15, 0.2) is 12.4 Å². The van der Waals surface area contributed by atoms with E-state index in [0.717, 1.165) is 36.6 Å². The first-order chi connectivity index (χ1) is 10.1. The molecule has 2 aromatic heterocycles. The number of aryl methyl sites for hydroxylation is 2. The molecule has 1 aliphatic heterocycles. The monoisotopic (exact) mass is 289 g/mol. The molecule has 21 heavy (non-hydrogen) atoms. The van der Waals surface area contributed by atoms with Crippen LogP contribution in [0.4, 0.5) is 4.79 Å². The van der Waals surface area contributed by atoms with Crippen molar-refractivity contribution < 1.29 is 4.79 Å². The molecular weight excluding hydrogens is 270 g/mol. The lowest BCUT2D eigenvalue weighted by Crippen LogP contribution is -2.36. The van der Waals surface area contributed by atoms with Gasteiger partial charge in [-0.05, 0) is 6.42 Å². The Labute approximate surface area is 122 Å². The van der Waals surface area contributed by atoms with Crippen molar-refractivity contribution in [2.75, 3.05) is 7.05 Å². The van der Waals surface area contributed by atoms with Gasteiger partial charge in [-0.15, -0.1) is 10.2 Å². The number of aromatic nitrogens is 5. The smallest absolute Gasteiger partial charge is 0.317 e. The molecule has 2 amide bonds. The van der Waals surface area contributed by atoms with Crippen molar-refractivity contribution in [3.8, 4) is 0 Å². The number of carbonyl (C=O) groups excluding carboxylic acids is 1. The van der Waals surface area contributed by atoms with E-state index in [1.807, 2.05) is 13.2 Å². The minimum Gasteiger partial charge on any atom is -0.331 e. The van der Waals surface area contributed by atoms with Gasteiger partial charge in [-0.1, -0.05) is 0 Å². The summed E-state index contributed by atoms with van der Waals surface area (Å²) in [5, 5.41) is 15.2. The molecule has 0 saturated heterocycles. The van der Waals surface area contributed by atoms with E-state index in [1.54, 1.807) is 22.8 Å². The first-order valence-corrected chi connectivity index (χ1v) is 7.01. The molecule has 0 atom stereocenters. The maximum absolute atomic E-state index is 12.1. The molecule has 0 aliphatic carbocycles. The molecule has 3 heterocycles. The minimum atomic E-state index is -0.130. The van der Waals surface area contributed by atoms with E-state index in [0.29, 0.717) is 13.1 Å². The van der Waals surface area contributed by atoms with E-state index in [9.17, 15) is 4.79 Å². The fourth-order valence-corrected chi connectivity index (χ4v) is 2.53. The van der Waals surface area contributed by atoms with Crippen molar-refractivity contribution in [1.29, 1.82) is 0 Å². The molecule has 0 spiro atoms. The summed E-state index contributed by atoms with van der Waals surface area (Å²) in [5.74, 6) is 1.84. The third kappa shape index (κ3) is 2.88. The van der Waals surface area contributed by atoms with Crippen molar-refractivity contribution in [3.63, 3.8) is 0 Å². The lowest BCUT2D eigenvalue weighted by atomic mass is 10.3. The molecule has 0 bridgehead atoms.